The zero-order valence-electron chi connectivity index (χ0n) is 14.7. The molecule has 0 aliphatic heterocycles. The van der Waals surface area contributed by atoms with E-state index in [1.807, 2.05) is 30.3 Å². The van der Waals surface area contributed by atoms with Crippen LogP contribution in [-0.4, -0.2) is 19.6 Å². The molecule has 0 bridgehead atoms. The maximum Gasteiger partial charge on any atom is 0.251 e. The topological polar surface area (TPSA) is 47.6 Å². The number of methoxy groups -OCH3 is 1. The molecule has 2 aromatic rings. The van der Waals surface area contributed by atoms with Crippen LogP contribution in [0.4, 0.5) is 0 Å². The number of ether oxygens (including phenoxy) is 2. The molecule has 0 unspecified atom stereocenters. The lowest BCUT2D eigenvalue weighted by Gasteiger charge is -2.12. The summed E-state index contributed by atoms with van der Waals surface area (Å²) in [5.74, 6) is 0.596. The van der Waals surface area contributed by atoms with Gasteiger partial charge in [0.15, 0.2) is 0 Å². The summed E-state index contributed by atoms with van der Waals surface area (Å²) in [6.45, 7) is 3.70. The first-order chi connectivity index (χ1) is 12.1. The number of carbonyl (C=O) groups excluding carboxylic acids is 1. The van der Waals surface area contributed by atoms with E-state index in [9.17, 15) is 4.79 Å². The Kier molecular flexibility index (Phi) is 7.76. The van der Waals surface area contributed by atoms with E-state index in [0.717, 1.165) is 29.7 Å². The summed E-state index contributed by atoms with van der Waals surface area (Å²) in [5.41, 5.74) is 2.45. The maximum absolute atomic E-state index is 12.4. The van der Waals surface area contributed by atoms with Gasteiger partial charge in [-0.15, -0.1) is 0 Å². The third-order valence-corrected chi connectivity index (χ3v) is 4.06. The Bertz CT molecular complexity index is 686. The van der Waals surface area contributed by atoms with Gasteiger partial charge in [-0.1, -0.05) is 37.1 Å². The number of rotatable bonds is 9. The Morgan fingerprint density at radius 2 is 1.92 bits per heavy atom. The molecule has 0 fully saturated rings. The Morgan fingerprint density at radius 1 is 1.16 bits per heavy atom. The Labute approximate surface area is 154 Å². The summed E-state index contributed by atoms with van der Waals surface area (Å²) < 4.78 is 11.0. The fraction of sp³-hybridized carbons (Fsp3) is 0.350. The Balaban J connectivity index is 1.99. The minimum Gasteiger partial charge on any atom is -0.496 e. The van der Waals surface area contributed by atoms with Crippen LogP contribution in [0.1, 0.15) is 41.3 Å². The van der Waals surface area contributed by atoms with Gasteiger partial charge in [-0.3, -0.25) is 4.79 Å². The Hall–Kier alpha value is -2.04. The van der Waals surface area contributed by atoms with E-state index >= 15 is 0 Å². The van der Waals surface area contributed by atoms with Crippen molar-refractivity contribution in [2.24, 2.45) is 0 Å². The zero-order chi connectivity index (χ0) is 18.1. The van der Waals surface area contributed by atoms with E-state index in [1.54, 1.807) is 19.2 Å². The minimum atomic E-state index is -0.132. The van der Waals surface area contributed by atoms with Crippen LogP contribution in [-0.2, 0) is 17.9 Å². The van der Waals surface area contributed by atoms with Crippen LogP contribution in [0.3, 0.4) is 0 Å². The summed E-state index contributed by atoms with van der Waals surface area (Å²) in [4.78, 5) is 12.4. The second-order valence-corrected chi connectivity index (χ2v) is 6.18. The molecule has 0 aliphatic rings. The molecule has 0 aromatic heterocycles. The number of hydrogen-bond donors (Lipinski definition) is 1. The third kappa shape index (κ3) is 6.07. The standard InChI is InChI=1S/C20H24ClNO3/c1-3-4-11-25-14-17-12-16(7-10-19(17)24-2)20(23)22-13-15-5-8-18(21)9-6-15/h5-10,12H,3-4,11,13-14H2,1-2H3,(H,22,23). The molecule has 2 rings (SSSR count). The highest BCUT2D eigenvalue weighted by Crippen LogP contribution is 2.21. The largest absolute Gasteiger partial charge is 0.496 e. The van der Waals surface area contributed by atoms with E-state index in [4.69, 9.17) is 21.1 Å². The second-order valence-electron chi connectivity index (χ2n) is 5.74. The predicted molar refractivity (Wildman–Crippen MR) is 100 cm³/mol. The average Bonchev–Trinajstić information content (AvgIpc) is 2.64. The highest BCUT2D eigenvalue weighted by Gasteiger charge is 2.10. The van der Waals surface area contributed by atoms with E-state index in [2.05, 4.69) is 12.2 Å². The van der Waals surface area contributed by atoms with Crippen LogP contribution in [0, 0.1) is 0 Å². The molecule has 25 heavy (non-hydrogen) atoms. The van der Waals surface area contributed by atoms with Gasteiger partial charge in [-0.05, 0) is 42.3 Å². The highest BCUT2D eigenvalue weighted by molar-refractivity contribution is 6.30. The molecule has 0 spiro atoms. The average molecular weight is 362 g/mol. The molecule has 0 radical (unpaired) electrons. The molecule has 0 saturated heterocycles. The molecule has 4 nitrogen and oxygen atoms in total. The first-order valence-corrected chi connectivity index (χ1v) is 8.79. The lowest BCUT2D eigenvalue weighted by Crippen LogP contribution is -2.23. The van der Waals surface area contributed by atoms with Gasteiger partial charge in [0, 0.05) is 29.3 Å². The monoisotopic (exact) mass is 361 g/mol. The molecule has 5 heteroatoms. The smallest absolute Gasteiger partial charge is 0.251 e. The van der Waals surface area contributed by atoms with Crippen LogP contribution in [0.5, 0.6) is 5.75 Å². The number of carbonyl (C=O) groups is 1. The van der Waals surface area contributed by atoms with Gasteiger partial charge >= 0.3 is 0 Å². The van der Waals surface area contributed by atoms with Crippen molar-refractivity contribution in [3.63, 3.8) is 0 Å². The predicted octanol–water partition coefficient (Wildman–Crippen LogP) is 4.60. The normalized spacial score (nSPS) is 10.5. The van der Waals surface area contributed by atoms with Gasteiger partial charge in [0.2, 0.25) is 0 Å². The van der Waals surface area contributed by atoms with Gasteiger partial charge in [-0.2, -0.15) is 0 Å². The minimum absolute atomic E-state index is 0.132. The number of benzene rings is 2. The zero-order valence-corrected chi connectivity index (χ0v) is 15.4. The first kappa shape index (κ1) is 19.3. The summed E-state index contributed by atoms with van der Waals surface area (Å²) in [5, 5.41) is 3.59. The van der Waals surface area contributed by atoms with Gasteiger partial charge in [0.25, 0.3) is 5.91 Å². The number of nitrogens with one attached hydrogen (secondary N) is 1. The van der Waals surface area contributed by atoms with Gasteiger partial charge in [0.1, 0.15) is 5.75 Å². The van der Waals surface area contributed by atoms with E-state index in [1.165, 1.54) is 0 Å². The third-order valence-electron chi connectivity index (χ3n) is 3.81. The van der Waals surface area contributed by atoms with Crippen molar-refractivity contribution in [2.75, 3.05) is 13.7 Å². The van der Waals surface area contributed by atoms with Crippen LogP contribution in [0.2, 0.25) is 5.02 Å². The van der Waals surface area contributed by atoms with Crippen LogP contribution < -0.4 is 10.1 Å². The molecule has 134 valence electrons. The molecular weight excluding hydrogens is 338 g/mol. The summed E-state index contributed by atoms with van der Waals surface area (Å²) in [7, 11) is 1.62. The molecule has 0 saturated carbocycles. The quantitative estimate of drug-likeness (QED) is 0.664. The lowest BCUT2D eigenvalue weighted by atomic mass is 10.1. The fourth-order valence-electron chi connectivity index (χ4n) is 2.35. The van der Waals surface area contributed by atoms with Crippen molar-refractivity contribution in [2.45, 2.75) is 32.9 Å². The maximum atomic E-state index is 12.4. The molecular formula is C20H24ClNO3. The molecule has 1 amide bonds. The van der Waals surface area contributed by atoms with Gasteiger partial charge < -0.3 is 14.8 Å². The van der Waals surface area contributed by atoms with E-state index in [-0.39, 0.29) is 5.91 Å². The fourth-order valence-corrected chi connectivity index (χ4v) is 2.47. The number of amides is 1. The van der Waals surface area contributed by atoms with Gasteiger partial charge in [-0.25, -0.2) is 0 Å². The van der Waals surface area contributed by atoms with Crippen LogP contribution in [0.15, 0.2) is 42.5 Å². The lowest BCUT2D eigenvalue weighted by molar-refractivity contribution is 0.0949. The van der Waals surface area contributed by atoms with Crippen molar-refractivity contribution >= 4 is 17.5 Å². The SMILES string of the molecule is CCCCOCc1cc(C(=O)NCc2ccc(Cl)cc2)ccc1OC. The highest BCUT2D eigenvalue weighted by atomic mass is 35.5. The van der Waals surface area contributed by atoms with Crippen LogP contribution in [0.25, 0.3) is 0 Å². The van der Waals surface area contributed by atoms with Gasteiger partial charge in [0.05, 0.1) is 13.7 Å². The van der Waals surface area contributed by atoms with Crippen molar-refractivity contribution in [1.29, 1.82) is 0 Å². The molecule has 2 aromatic carbocycles. The first-order valence-electron chi connectivity index (χ1n) is 8.41. The second kappa shape index (κ2) is 10.1. The number of halogens is 1. The van der Waals surface area contributed by atoms with E-state index in [0.29, 0.717) is 30.3 Å². The molecule has 1 N–H and O–H groups in total. The number of hydrogen-bond acceptors (Lipinski definition) is 3. The van der Waals surface area contributed by atoms with E-state index < -0.39 is 0 Å². The summed E-state index contributed by atoms with van der Waals surface area (Å²) in [6.07, 6.45) is 2.11. The van der Waals surface area contributed by atoms with Crippen molar-refractivity contribution in [1.82, 2.24) is 5.32 Å². The Morgan fingerprint density at radius 3 is 2.60 bits per heavy atom. The van der Waals surface area contributed by atoms with Crippen molar-refractivity contribution in [3.8, 4) is 5.75 Å². The molecule has 0 aliphatic carbocycles. The van der Waals surface area contributed by atoms with Crippen LogP contribution >= 0.6 is 11.6 Å². The molecule has 0 atom stereocenters. The number of unbranched alkanes of at least 4 members (excludes halogenated alkanes) is 1. The summed E-state index contributed by atoms with van der Waals surface area (Å²) in [6, 6.07) is 12.8. The summed E-state index contributed by atoms with van der Waals surface area (Å²) >= 11 is 5.87. The molecule has 0 heterocycles. The van der Waals surface area contributed by atoms with Crippen molar-refractivity contribution in [3.05, 3.63) is 64.2 Å². The van der Waals surface area contributed by atoms with Crippen molar-refractivity contribution < 1.29 is 14.3 Å².